The van der Waals surface area contributed by atoms with Gasteiger partial charge in [0.2, 0.25) is 11.8 Å². The Labute approximate surface area is 135 Å². The van der Waals surface area contributed by atoms with Crippen LogP contribution in [0.2, 0.25) is 0 Å². The van der Waals surface area contributed by atoms with Crippen molar-refractivity contribution in [1.82, 2.24) is 10.6 Å². The number of amides is 2. The van der Waals surface area contributed by atoms with E-state index in [0.29, 0.717) is 6.42 Å². The van der Waals surface area contributed by atoms with Crippen LogP contribution in [0.15, 0.2) is 0 Å². The van der Waals surface area contributed by atoms with Crippen LogP contribution in [0, 0.1) is 5.92 Å². The quantitative estimate of drug-likeness (QED) is 0.310. The summed E-state index contributed by atoms with van der Waals surface area (Å²) < 4.78 is 0. The van der Waals surface area contributed by atoms with Crippen LogP contribution in [-0.4, -0.2) is 52.5 Å². The van der Waals surface area contributed by atoms with Gasteiger partial charge in [0.05, 0.1) is 6.04 Å². The average molecular weight is 337 g/mol. The van der Waals surface area contributed by atoms with Crippen LogP contribution < -0.4 is 16.4 Å². The number of thiol groups is 2. The van der Waals surface area contributed by atoms with Crippen LogP contribution in [0.4, 0.5) is 0 Å². The second kappa shape index (κ2) is 9.91. The Morgan fingerprint density at radius 3 is 1.95 bits per heavy atom. The lowest BCUT2D eigenvalue weighted by atomic mass is 10.0. The summed E-state index contributed by atoms with van der Waals surface area (Å²) in [5.41, 5.74) is 5.54. The molecule has 0 saturated carbocycles. The predicted molar refractivity (Wildman–Crippen MR) is 86.6 cm³/mol. The molecule has 7 nitrogen and oxygen atoms in total. The molecule has 9 heteroatoms. The highest BCUT2D eigenvalue weighted by Crippen LogP contribution is 2.06. The second-order valence-electron chi connectivity index (χ2n) is 5.06. The molecule has 0 aliphatic carbocycles. The fourth-order valence-corrected chi connectivity index (χ4v) is 1.94. The molecule has 0 aromatic rings. The van der Waals surface area contributed by atoms with Crippen LogP contribution >= 0.6 is 25.3 Å². The zero-order chi connectivity index (χ0) is 16.6. The van der Waals surface area contributed by atoms with Gasteiger partial charge in [-0.25, -0.2) is 4.79 Å². The Balaban J connectivity index is 4.84. The summed E-state index contributed by atoms with van der Waals surface area (Å²) in [5.74, 6) is -2.00. The number of carbonyl (C=O) groups excluding carboxylic acids is 2. The fourth-order valence-electron chi connectivity index (χ4n) is 1.52. The molecule has 3 unspecified atom stereocenters. The first-order valence-electron chi connectivity index (χ1n) is 6.53. The van der Waals surface area contributed by atoms with Gasteiger partial charge in [0, 0.05) is 11.5 Å². The van der Waals surface area contributed by atoms with Gasteiger partial charge >= 0.3 is 5.97 Å². The third-order valence-corrected chi connectivity index (χ3v) is 3.43. The maximum absolute atomic E-state index is 12.1. The van der Waals surface area contributed by atoms with Crippen molar-refractivity contribution in [3.8, 4) is 0 Å². The lowest BCUT2D eigenvalue weighted by molar-refractivity contribution is -0.141. The van der Waals surface area contributed by atoms with Crippen molar-refractivity contribution in [2.45, 2.75) is 38.4 Å². The van der Waals surface area contributed by atoms with Gasteiger partial charge in [-0.15, -0.1) is 0 Å². The number of hydrogen-bond donors (Lipinski definition) is 6. The van der Waals surface area contributed by atoms with E-state index in [0.717, 1.165) is 0 Å². The van der Waals surface area contributed by atoms with E-state index in [1.165, 1.54) is 0 Å². The molecule has 0 heterocycles. The highest BCUT2D eigenvalue weighted by atomic mass is 32.1. The molecule has 0 spiro atoms. The van der Waals surface area contributed by atoms with Gasteiger partial charge in [-0.2, -0.15) is 25.3 Å². The standard InChI is InChI=1S/C12H23N3O4S2/c1-6(2)3-8(14-10(16)7(13)4-20)11(17)15-9(5-21)12(18)19/h6-9,20-21H,3-5,13H2,1-2H3,(H,14,16)(H,15,17)(H,18,19). The summed E-state index contributed by atoms with van der Waals surface area (Å²) in [5, 5.41) is 13.8. The summed E-state index contributed by atoms with van der Waals surface area (Å²) in [6.45, 7) is 3.77. The number of carboxylic acids is 1. The Bertz CT molecular complexity index is 380. The molecule has 0 aromatic carbocycles. The minimum atomic E-state index is -1.18. The highest BCUT2D eigenvalue weighted by molar-refractivity contribution is 7.80. The van der Waals surface area contributed by atoms with E-state index in [-0.39, 0.29) is 17.4 Å². The predicted octanol–water partition coefficient (Wildman–Crippen LogP) is -0.726. The number of aliphatic carboxylic acids is 1. The average Bonchev–Trinajstić information content (AvgIpc) is 2.41. The number of carbonyl (C=O) groups is 3. The smallest absolute Gasteiger partial charge is 0.327 e. The number of carboxylic acid groups (broad SMARTS) is 1. The van der Waals surface area contributed by atoms with Gasteiger partial charge in [0.1, 0.15) is 12.1 Å². The van der Waals surface area contributed by atoms with Crippen LogP contribution in [0.25, 0.3) is 0 Å². The maximum Gasteiger partial charge on any atom is 0.327 e. The number of nitrogens with two attached hydrogens (primary N) is 1. The lowest BCUT2D eigenvalue weighted by Crippen LogP contribution is -2.55. The Morgan fingerprint density at radius 2 is 1.57 bits per heavy atom. The molecule has 0 radical (unpaired) electrons. The molecule has 0 saturated heterocycles. The van der Waals surface area contributed by atoms with E-state index in [2.05, 4.69) is 35.9 Å². The lowest BCUT2D eigenvalue weighted by Gasteiger charge is -2.23. The number of rotatable bonds is 9. The molecule has 3 atom stereocenters. The first kappa shape index (κ1) is 20.1. The third-order valence-electron chi connectivity index (χ3n) is 2.67. The highest BCUT2D eigenvalue weighted by Gasteiger charge is 2.27. The van der Waals surface area contributed by atoms with Gasteiger partial charge in [-0.1, -0.05) is 13.8 Å². The summed E-state index contributed by atoms with van der Waals surface area (Å²) in [4.78, 5) is 34.8. The number of nitrogens with one attached hydrogen (secondary N) is 2. The Kier molecular flexibility index (Phi) is 9.47. The van der Waals surface area contributed by atoms with Crippen LogP contribution in [0.5, 0.6) is 0 Å². The molecule has 0 aliphatic rings. The second-order valence-corrected chi connectivity index (χ2v) is 5.79. The molecule has 0 fully saturated rings. The molecule has 0 aliphatic heterocycles. The zero-order valence-corrected chi connectivity index (χ0v) is 13.9. The summed E-state index contributed by atoms with van der Waals surface area (Å²) in [6.07, 6.45) is 0.371. The van der Waals surface area contributed by atoms with Crippen molar-refractivity contribution in [3.05, 3.63) is 0 Å². The summed E-state index contributed by atoms with van der Waals surface area (Å²) in [6, 6.07) is -2.77. The van der Waals surface area contributed by atoms with E-state index in [1.807, 2.05) is 13.8 Å². The van der Waals surface area contributed by atoms with Gasteiger partial charge in [0.25, 0.3) is 0 Å². The molecule has 21 heavy (non-hydrogen) atoms. The Hall–Kier alpha value is -0.930. The van der Waals surface area contributed by atoms with Gasteiger partial charge in [-0.3, -0.25) is 9.59 Å². The molecule has 122 valence electrons. The minimum absolute atomic E-state index is 0.0421. The third kappa shape index (κ3) is 7.58. The zero-order valence-electron chi connectivity index (χ0n) is 12.1. The SMILES string of the molecule is CC(C)CC(NC(=O)C(N)CS)C(=O)NC(CS)C(=O)O. The van der Waals surface area contributed by atoms with Crippen molar-refractivity contribution in [3.63, 3.8) is 0 Å². The van der Waals surface area contributed by atoms with E-state index in [4.69, 9.17) is 10.8 Å². The van der Waals surface area contributed by atoms with E-state index < -0.39 is 35.9 Å². The van der Waals surface area contributed by atoms with Crippen molar-refractivity contribution in [1.29, 1.82) is 0 Å². The summed E-state index contributed by atoms with van der Waals surface area (Å²) >= 11 is 7.79. The van der Waals surface area contributed by atoms with Gasteiger partial charge in [-0.05, 0) is 12.3 Å². The minimum Gasteiger partial charge on any atom is -0.480 e. The van der Waals surface area contributed by atoms with E-state index in [1.54, 1.807) is 0 Å². The fraction of sp³-hybridized carbons (Fsp3) is 0.750. The van der Waals surface area contributed by atoms with Crippen LogP contribution in [-0.2, 0) is 14.4 Å². The van der Waals surface area contributed by atoms with Gasteiger partial charge in [0.15, 0.2) is 0 Å². The van der Waals surface area contributed by atoms with Crippen molar-refractivity contribution < 1.29 is 19.5 Å². The molecule has 0 aromatic heterocycles. The van der Waals surface area contributed by atoms with E-state index >= 15 is 0 Å². The largest absolute Gasteiger partial charge is 0.480 e. The molecule has 0 bridgehead atoms. The van der Waals surface area contributed by atoms with Crippen LogP contribution in [0.1, 0.15) is 20.3 Å². The van der Waals surface area contributed by atoms with Crippen molar-refractivity contribution >= 4 is 43.0 Å². The van der Waals surface area contributed by atoms with Crippen LogP contribution in [0.3, 0.4) is 0 Å². The number of hydrogen-bond acceptors (Lipinski definition) is 6. The summed E-state index contributed by atoms with van der Waals surface area (Å²) in [7, 11) is 0. The normalized spacial score (nSPS) is 15.1. The first-order valence-corrected chi connectivity index (χ1v) is 7.80. The van der Waals surface area contributed by atoms with Crippen molar-refractivity contribution in [2.24, 2.45) is 11.7 Å². The molecular weight excluding hydrogens is 314 g/mol. The molecule has 2 amide bonds. The molecule has 0 rings (SSSR count). The topological polar surface area (TPSA) is 122 Å². The first-order chi connectivity index (χ1) is 9.72. The molecule has 5 N–H and O–H groups in total. The van der Waals surface area contributed by atoms with Gasteiger partial charge < -0.3 is 21.5 Å². The monoisotopic (exact) mass is 337 g/mol. The van der Waals surface area contributed by atoms with Crippen molar-refractivity contribution in [2.75, 3.05) is 11.5 Å². The Morgan fingerprint density at radius 1 is 1.05 bits per heavy atom. The molecular formula is C12H23N3O4S2. The van der Waals surface area contributed by atoms with E-state index in [9.17, 15) is 14.4 Å². The maximum atomic E-state index is 12.1.